The molecule has 1 unspecified atom stereocenters. The Labute approximate surface area is 202 Å². The number of rotatable bonds is 3. The average molecular weight is 467 g/mol. The molecular formula is C28H23FN4O2. The summed E-state index contributed by atoms with van der Waals surface area (Å²) < 4.78 is 21.9. The topological polar surface area (TPSA) is 83.4 Å². The van der Waals surface area contributed by atoms with Crippen molar-refractivity contribution in [1.29, 1.82) is 5.26 Å². The number of aromatic nitrogens is 3. The first-order valence-corrected chi connectivity index (χ1v) is 11.6. The number of fused-ring (bicyclic) bond motifs is 3. The third kappa shape index (κ3) is 3.49. The second-order valence-corrected chi connectivity index (χ2v) is 9.22. The van der Waals surface area contributed by atoms with Crippen LogP contribution < -0.4 is 4.74 Å². The molecule has 2 aromatic carbocycles. The van der Waals surface area contributed by atoms with Crippen molar-refractivity contribution in [3.8, 4) is 11.8 Å². The highest BCUT2D eigenvalue weighted by molar-refractivity contribution is 5.88. The van der Waals surface area contributed by atoms with Crippen LogP contribution in [-0.4, -0.2) is 19.5 Å². The largest absolute Gasteiger partial charge is 0.488 e. The number of nitriles is 1. The Bertz CT molecular complexity index is 1580. The Balaban J connectivity index is 1.49. The van der Waals surface area contributed by atoms with E-state index in [1.807, 2.05) is 35.7 Å². The number of benzene rings is 2. The summed E-state index contributed by atoms with van der Waals surface area (Å²) in [5.41, 5.74) is 7.53. The first kappa shape index (κ1) is 21.5. The number of aliphatic hydroxyl groups excluding tert-OH is 1. The van der Waals surface area contributed by atoms with E-state index >= 15 is 0 Å². The fraction of sp³-hybridized carbons (Fsp3) is 0.250. The molecule has 4 aromatic rings. The number of ether oxygens (including phenoxy) is 1. The summed E-state index contributed by atoms with van der Waals surface area (Å²) in [7, 11) is 0. The number of nitrogens with zero attached hydrogens (tertiary/aromatic N) is 4. The lowest BCUT2D eigenvalue weighted by molar-refractivity contribution is 0.212. The smallest absolute Gasteiger partial charge is 0.158 e. The van der Waals surface area contributed by atoms with Crippen molar-refractivity contribution in [3.63, 3.8) is 0 Å². The highest BCUT2D eigenvalue weighted by atomic mass is 19.1. The predicted octanol–water partition coefficient (Wildman–Crippen LogP) is 5.37. The average Bonchev–Trinajstić information content (AvgIpc) is 3.65. The second-order valence-electron chi connectivity index (χ2n) is 9.22. The first-order valence-electron chi connectivity index (χ1n) is 11.6. The summed E-state index contributed by atoms with van der Waals surface area (Å²) in [4.78, 5) is 9.20. The van der Waals surface area contributed by atoms with Crippen molar-refractivity contribution in [2.75, 3.05) is 0 Å². The predicted molar refractivity (Wildman–Crippen MR) is 128 cm³/mol. The summed E-state index contributed by atoms with van der Waals surface area (Å²) in [5, 5.41) is 21.3. The van der Waals surface area contributed by atoms with Gasteiger partial charge in [0, 0.05) is 41.1 Å². The molecule has 3 heterocycles. The highest BCUT2D eigenvalue weighted by Crippen LogP contribution is 2.45. The van der Waals surface area contributed by atoms with E-state index < -0.39 is 11.9 Å². The van der Waals surface area contributed by atoms with Gasteiger partial charge in [-0.2, -0.15) is 5.26 Å². The lowest BCUT2D eigenvalue weighted by atomic mass is 9.89. The maximum Gasteiger partial charge on any atom is 0.158 e. The fourth-order valence-corrected chi connectivity index (χ4v) is 4.95. The molecule has 2 aromatic heterocycles. The van der Waals surface area contributed by atoms with Gasteiger partial charge in [0.05, 0.1) is 23.2 Å². The van der Waals surface area contributed by atoms with E-state index in [4.69, 9.17) is 9.72 Å². The molecule has 7 heteroatoms. The molecule has 6 rings (SSSR count). The van der Waals surface area contributed by atoms with Gasteiger partial charge in [-0.25, -0.2) is 9.37 Å². The number of allylic oxidation sites excluding steroid dienone is 1. The Morgan fingerprint density at radius 3 is 2.80 bits per heavy atom. The van der Waals surface area contributed by atoms with Crippen molar-refractivity contribution in [1.82, 2.24) is 14.4 Å². The van der Waals surface area contributed by atoms with Crippen LogP contribution in [0.5, 0.6) is 5.75 Å². The van der Waals surface area contributed by atoms with Gasteiger partial charge in [-0.1, -0.05) is 12.1 Å². The maximum absolute atomic E-state index is 14.0. The van der Waals surface area contributed by atoms with Gasteiger partial charge in [0.15, 0.2) is 5.65 Å². The van der Waals surface area contributed by atoms with Crippen molar-refractivity contribution in [3.05, 3.63) is 99.5 Å². The minimum absolute atomic E-state index is 0.195. The molecule has 1 N–H and O–H groups in total. The molecule has 0 saturated heterocycles. The monoisotopic (exact) mass is 466 g/mol. The van der Waals surface area contributed by atoms with Gasteiger partial charge in [0.2, 0.25) is 0 Å². The second kappa shape index (κ2) is 8.03. The Morgan fingerprint density at radius 2 is 2.03 bits per heavy atom. The van der Waals surface area contributed by atoms with Crippen LogP contribution in [0.2, 0.25) is 0 Å². The molecule has 1 saturated carbocycles. The molecule has 1 fully saturated rings. The highest BCUT2D eigenvalue weighted by Gasteiger charge is 2.34. The fourth-order valence-electron chi connectivity index (χ4n) is 4.95. The van der Waals surface area contributed by atoms with E-state index in [1.165, 1.54) is 12.1 Å². The van der Waals surface area contributed by atoms with Crippen molar-refractivity contribution in [2.24, 2.45) is 0 Å². The lowest BCUT2D eigenvalue weighted by Gasteiger charge is -2.17. The summed E-state index contributed by atoms with van der Waals surface area (Å²) in [6, 6.07) is 12.3. The van der Waals surface area contributed by atoms with Gasteiger partial charge < -0.3 is 9.84 Å². The number of hydrogen-bond donors (Lipinski definition) is 1. The molecule has 35 heavy (non-hydrogen) atoms. The minimum Gasteiger partial charge on any atom is -0.488 e. The van der Waals surface area contributed by atoms with Gasteiger partial charge in [-0.3, -0.25) is 9.38 Å². The summed E-state index contributed by atoms with van der Waals surface area (Å²) in [6.07, 6.45) is 4.78. The van der Waals surface area contributed by atoms with E-state index in [2.05, 4.69) is 11.1 Å². The molecule has 0 bridgehead atoms. The number of aliphatic hydroxyl groups is 1. The number of imidazole rings is 1. The SMILES string of the molecule is C/C(C#N)=C1/c2ccc(C(O)c3c(C4CC4)nc4c(C)nccn34)cc2COc2cc(F)ccc21. The van der Waals surface area contributed by atoms with Gasteiger partial charge in [0.1, 0.15) is 24.3 Å². The van der Waals surface area contributed by atoms with E-state index in [9.17, 15) is 14.8 Å². The number of hydrogen-bond acceptors (Lipinski definition) is 5. The zero-order valence-corrected chi connectivity index (χ0v) is 19.4. The van der Waals surface area contributed by atoms with Gasteiger partial charge in [-0.15, -0.1) is 0 Å². The summed E-state index contributed by atoms with van der Waals surface area (Å²) in [6.45, 7) is 3.86. The van der Waals surface area contributed by atoms with E-state index in [-0.39, 0.29) is 6.61 Å². The lowest BCUT2D eigenvalue weighted by Crippen LogP contribution is -2.08. The third-order valence-electron chi connectivity index (χ3n) is 6.86. The van der Waals surface area contributed by atoms with Gasteiger partial charge in [0.25, 0.3) is 0 Å². The van der Waals surface area contributed by atoms with Crippen LogP contribution >= 0.6 is 0 Å². The van der Waals surface area contributed by atoms with Crippen LogP contribution in [0.3, 0.4) is 0 Å². The van der Waals surface area contributed by atoms with E-state index in [0.29, 0.717) is 33.9 Å². The molecule has 174 valence electrons. The maximum atomic E-state index is 14.0. The van der Waals surface area contributed by atoms with Crippen LogP contribution in [0.4, 0.5) is 4.39 Å². The summed E-state index contributed by atoms with van der Waals surface area (Å²) >= 11 is 0. The van der Waals surface area contributed by atoms with Gasteiger partial charge >= 0.3 is 0 Å². The van der Waals surface area contributed by atoms with Crippen molar-refractivity contribution >= 4 is 11.2 Å². The molecule has 0 radical (unpaired) electrons. The molecule has 1 aliphatic carbocycles. The first-order chi connectivity index (χ1) is 17.0. The molecule has 2 aliphatic rings. The Kier molecular flexibility index (Phi) is 4.94. The van der Waals surface area contributed by atoms with Crippen LogP contribution in [0.15, 0.2) is 54.4 Å². The standard InChI is InChI=1S/C28H23FN4O2/c1-15(13-30)24-21-7-5-18(11-19(21)14-35-23-12-20(29)6-8-22(23)24)27(34)26-25(17-3-4-17)32-28-16(2)31-9-10-33(26)28/h5-12,17,27,34H,3-4,14H2,1-2H3/b24-15+. The van der Waals surface area contributed by atoms with Crippen LogP contribution in [0.25, 0.3) is 11.2 Å². The van der Waals surface area contributed by atoms with E-state index in [1.54, 1.807) is 19.2 Å². The molecule has 0 spiro atoms. The van der Waals surface area contributed by atoms with Crippen molar-refractivity contribution in [2.45, 2.75) is 45.3 Å². The number of aryl methyl sites for hydroxylation is 1. The Hall–Kier alpha value is -4.02. The normalized spacial score (nSPS) is 17.1. The number of halogens is 1. The molecular weight excluding hydrogens is 443 g/mol. The third-order valence-corrected chi connectivity index (χ3v) is 6.86. The van der Waals surface area contributed by atoms with Crippen molar-refractivity contribution < 1.29 is 14.2 Å². The van der Waals surface area contributed by atoms with Gasteiger partial charge in [-0.05, 0) is 61.6 Å². The molecule has 1 atom stereocenters. The zero-order chi connectivity index (χ0) is 24.3. The summed E-state index contributed by atoms with van der Waals surface area (Å²) in [5.74, 6) is 0.346. The minimum atomic E-state index is -0.903. The molecule has 0 amide bonds. The zero-order valence-electron chi connectivity index (χ0n) is 19.4. The van der Waals surface area contributed by atoms with Crippen LogP contribution in [-0.2, 0) is 6.61 Å². The quantitative estimate of drug-likeness (QED) is 0.410. The van der Waals surface area contributed by atoms with Crippen LogP contribution in [0, 0.1) is 24.1 Å². The molecule has 1 aliphatic heterocycles. The van der Waals surface area contributed by atoms with E-state index in [0.717, 1.165) is 46.7 Å². The molecule has 6 nitrogen and oxygen atoms in total. The van der Waals surface area contributed by atoms with Crippen LogP contribution in [0.1, 0.15) is 71.1 Å². The Morgan fingerprint density at radius 1 is 1.23 bits per heavy atom.